The Kier molecular flexibility index (Phi) is 4.68. The Balaban J connectivity index is 2.95. The molecule has 0 amide bonds. The van der Waals surface area contributed by atoms with E-state index in [9.17, 15) is 13.6 Å². The zero-order chi connectivity index (χ0) is 12.3. The van der Waals surface area contributed by atoms with Gasteiger partial charge in [0, 0.05) is 0 Å². The second-order valence-electron chi connectivity index (χ2n) is 3.04. The molecule has 1 atom stereocenters. The predicted octanol–water partition coefficient (Wildman–Crippen LogP) is 3.97. The molecular weight excluding hydrogens is 305 g/mol. The molecular formula is C10H8BrClF2O2. The highest BCUT2D eigenvalue weighted by molar-refractivity contribution is 9.09. The van der Waals surface area contributed by atoms with Gasteiger partial charge in [0.05, 0.1) is 9.85 Å². The van der Waals surface area contributed by atoms with E-state index in [0.29, 0.717) is 5.56 Å². The van der Waals surface area contributed by atoms with E-state index in [1.165, 1.54) is 25.1 Å². The van der Waals surface area contributed by atoms with Crippen molar-refractivity contribution >= 4 is 33.3 Å². The minimum atomic E-state index is -2.92. The molecule has 1 aromatic rings. The normalized spacial score (nSPS) is 12.6. The summed E-state index contributed by atoms with van der Waals surface area (Å²) in [5, 5.41) is 0.0449. The zero-order valence-electron chi connectivity index (χ0n) is 8.22. The SMILES string of the molecule is CC(=O)C(Br)c1ccc(OC(F)F)c(Cl)c1. The molecule has 16 heavy (non-hydrogen) atoms. The highest BCUT2D eigenvalue weighted by Gasteiger charge is 2.15. The van der Waals surface area contributed by atoms with E-state index in [1.54, 1.807) is 0 Å². The van der Waals surface area contributed by atoms with Crippen LogP contribution in [0.25, 0.3) is 0 Å². The van der Waals surface area contributed by atoms with Crippen molar-refractivity contribution < 1.29 is 18.3 Å². The van der Waals surface area contributed by atoms with Crippen LogP contribution in [0.5, 0.6) is 5.75 Å². The van der Waals surface area contributed by atoms with Crippen molar-refractivity contribution in [2.45, 2.75) is 18.4 Å². The molecule has 2 nitrogen and oxygen atoms in total. The molecule has 0 heterocycles. The van der Waals surface area contributed by atoms with E-state index in [-0.39, 0.29) is 16.6 Å². The number of halogens is 4. The summed E-state index contributed by atoms with van der Waals surface area (Å²) in [4.78, 5) is 10.6. The Hall–Kier alpha value is -0.680. The number of ether oxygens (including phenoxy) is 1. The van der Waals surface area contributed by atoms with Crippen LogP contribution in [0.3, 0.4) is 0 Å². The van der Waals surface area contributed by atoms with Gasteiger partial charge in [-0.2, -0.15) is 8.78 Å². The number of rotatable bonds is 4. The number of benzene rings is 1. The Labute approximate surface area is 105 Å². The number of alkyl halides is 3. The van der Waals surface area contributed by atoms with Crippen LogP contribution < -0.4 is 4.74 Å². The summed E-state index contributed by atoms with van der Waals surface area (Å²) in [5.41, 5.74) is 0.596. The fraction of sp³-hybridized carbons (Fsp3) is 0.300. The van der Waals surface area contributed by atoms with E-state index in [2.05, 4.69) is 20.7 Å². The number of Topliss-reactive ketones (excluding diaryl/α,β-unsaturated/α-hetero) is 1. The van der Waals surface area contributed by atoms with Crippen LogP contribution in [-0.4, -0.2) is 12.4 Å². The van der Waals surface area contributed by atoms with Gasteiger partial charge in [-0.25, -0.2) is 0 Å². The first-order valence-corrected chi connectivity index (χ1v) is 5.60. The molecule has 0 saturated carbocycles. The maximum atomic E-state index is 11.9. The molecule has 1 rings (SSSR count). The highest BCUT2D eigenvalue weighted by atomic mass is 79.9. The molecule has 0 aliphatic heterocycles. The molecule has 0 radical (unpaired) electrons. The number of carbonyl (C=O) groups is 1. The summed E-state index contributed by atoms with van der Waals surface area (Å²) in [6.45, 7) is -1.51. The van der Waals surface area contributed by atoms with Crippen LogP contribution in [0.15, 0.2) is 18.2 Å². The molecule has 88 valence electrons. The second kappa shape index (κ2) is 5.59. The minimum absolute atomic E-state index is 0.0449. The molecule has 6 heteroatoms. The van der Waals surface area contributed by atoms with Crippen molar-refractivity contribution in [1.82, 2.24) is 0 Å². The smallest absolute Gasteiger partial charge is 0.387 e. The van der Waals surface area contributed by atoms with E-state index in [1.807, 2.05) is 0 Å². The number of hydrogen-bond acceptors (Lipinski definition) is 2. The van der Waals surface area contributed by atoms with Crippen molar-refractivity contribution in [3.05, 3.63) is 28.8 Å². The topological polar surface area (TPSA) is 26.3 Å². The van der Waals surface area contributed by atoms with E-state index in [0.717, 1.165) is 0 Å². The first-order chi connectivity index (χ1) is 7.41. The Morgan fingerprint density at radius 1 is 1.50 bits per heavy atom. The summed E-state index contributed by atoms with van der Waals surface area (Å²) < 4.78 is 28.1. The van der Waals surface area contributed by atoms with Gasteiger partial charge < -0.3 is 4.74 Å². The molecule has 0 fully saturated rings. The molecule has 0 saturated heterocycles. The van der Waals surface area contributed by atoms with Gasteiger partial charge in [0.25, 0.3) is 0 Å². The van der Waals surface area contributed by atoms with Crippen molar-refractivity contribution in [1.29, 1.82) is 0 Å². The van der Waals surface area contributed by atoms with Crippen LogP contribution in [0.1, 0.15) is 17.3 Å². The quantitative estimate of drug-likeness (QED) is 0.786. The summed E-state index contributed by atoms with van der Waals surface area (Å²) >= 11 is 8.89. The Bertz CT molecular complexity index is 398. The lowest BCUT2D eigenvalue weighted by molar-refractivity contribution is -0.116. The third kappa shape index (κ3) is 3.42. The fourth-order valence-electron chi connectivity index (χ4n) is 1.10. The lowest BCUT2D eigenvalue weighted by Gasteiger charge is -2.10. The number of carbonyl (C=O) groups excluding carboxylic acids is 1. The molecule has 1 aromatic carbocycles. The largest absolute Gasteiger partial charge is 0.433 e. The van der Waals surface area contributed by atoms with Crippen molar-refractivity contribution in [3.8, 4) is 5.75 Å². The molecule has 0 bridgehead atoms. The standard InChI is InChI=1S/C10H8BrClF2O2/c1-5(15)9(11)6-2-3-8(7(12)4-6)16-10(13)14/h2-4,9-10H,1H3. The number of ketones is 1. The predicted molar refractivity (Wildman–Crippen MR) is 60.4 cm³/mol. The van der Waals surface area contributed by atoms with Gasteiger partial charge in [-0.15, -0.1) is 0 Å². The second-order valence-corrected chi connectivity index (χ2v) is 4.36. The summed E-state index contributed by atoms with van der Waals surface area (Å²) in [7, 11) is 0. The Morgan fingerprint density at radius 2 is 2.12 bits per heavy atom. The average Bonchev–Trinajstić information content (AvgIpc) is 2.19. The van der Waals surface area contributed by atoms with Crippen molar-refractivity contribution in [2.24, 2.45) is 0 Å². The van der Waals surface area contributed by atoms with Crippen LogP contribution in [0.2, 0.25) is 5.02 Å². The highest BCUT2D eigenvalue weighted by Crippen LogP contribution is 2.32. The lowest BCUT2D eigenvalue weighted by Crippen LogP contribution is -2.04. The van der Waals surface area contributed by atoms with E-state index >= 15 is 0 Å². The maximum Gasteiger partial charge on any atom is 0.387 e. The van der Waals surface area contributed by atoms with Gasteiger partial charge in [0.1, 0.15) is 11.5 Å². The maximum absolute atomic E-state index is 11.9. The first-order valence-electron chi connectivity index (χ1n) is 4.30. The lowest BCUT2D eigenvalue weighted by atomic mass is 10.1. The van der Waals surface area contributed by atoms with Crippen LogP contribution >= 0.6 is 27.5 Å². The van der Waals surface area contributed by atoms with Gasteiger partial charge in [0.2, 0.25) is 0 Å². The molecule has 0 aromatic heterocycles. The van der Waals surface area contributed by atoms with Crippen molar-refractivity contribution in [3.63, 3.8) is 0 Å². The third-order valence-electron chi connectivity index (χ3n) is 1.82. The third-order valence-corrected chi connectivity index (χ3v) is 3.29. The van der Waals surface area contributed by atoms with Crippen molar-refractivity contribution in [2.75, 3.05) is 0 Å². The van der Waals surface area contributed by atoms with Gasteiger partial charge in [-0.3, -0.25) is 4.79 Å². The van der Waals surface area contributed by atoms with Gasteiger partial charge in [-0.1, -0.05) is 33.6 Å². The van der Waals surface area contributed by atoms with E-state index < -0.39 is 11.4 Å². The fourth-order valence-corrected chi connectivity index (χ4v) is 1.62. The summed E-state index contributed by atoms with van der Waals surface area (Å²) in [6.07, 6.45) is 0. The van der Waals surface area contributed by atoms with Crippen LogP contribution in [0, 0.1) is 0 Å². The van der Waals surface area contributed by atoms with Crippen LogP contribution in [0.4, 0.5) is 8.78 Å². The first kappa shape index (κ1) is 13.4. The monoisotopic (exact) mass is 312 g/mol. The summed E-state index contributed by atoms with van der Waals surface area (Å²) in [6, 6.07) is 4.23. The van der Waals surface area contributed by atoms with Crippen LogP contribution in [-0.2, 0) is 4.79 Å². The zero-order valence-corrected chi connectivity index (χ0v) is 10.6. The number of hydrogen-bond donors (Lipinski definition) is 0. The molecule has 0 spiro atoms. The summed E-state index contributed by atoms with van der Waals surface area (Å²) in [5.74, 6) is -0.206. The van der Waals surface area contributed by atoms with E-state index in [4.69, 9.17) is 11.6 Å². The van der Waals surface area contributed by atoms with Gasteiger partial charge in [-0.05, 0) is 24.6 Å². The molecule has 1 unspecified atom stereocenters. The molecule has 0 aliphatic rings. The molecule has 0 N–H and O–H groups in total. The minimum Gasteiger partial charge on any atom is -0.433 e. The van der Waals surface area contributed by atoms with Gasteiger partial charge >= 0.3 is 6.61 Å². The molecule has 0 aliphatic carbocycles. The average molecular weight is 314 g/mol. The van der Waals surface area contributed by atoms with Gasteiger partial charge in [0.15, 0.2) is 0 Å². The Morgan fingerprint density at radius 3 is 2.56 bits per heavy atom.